The molecular weight excluding hydrogens is 239 g/mol. The smallest absolute Gasteiger partial charge is 0.125 e. The second kappa shape index (κ2) is 6.38. The first-order valence-corrected chi connectivity index (χ1v) is 7.28. The van der Waals surface area contributed by atoms with Crippen LogP contribution < -0.4 is 10.2 Å². The minimum Gasteiger partial charge on any atom is -0.371 e. The summed E-state index contributed by atoms with van der Waals surface area (Å²) >= 11 is 0. The molecule has 1 aliphatic heterocycles. The van der Waals surface area contributed by atoms with E-state index in [-0.39, 0.29) is 5.82 Å². The van der Waals surface area contributed by atoms with Gasteiger partial charge >= 0.3 is 0 Å². The second-order valence-electron chi connectivity index (χ2n) is 6.08. The molecule has 0 amide bonds. The molecule has 0 aliphatic carbocycles. The maximum Gasteiger partial charge on any atom is 0.125 e. The molecule has 2 rings (SSSR count). The van der Waals surface area contributed by atoms with Gasteiger partial charge in [-0.2, -0.15) is 0 Å². The molecule has 2 nitrogen and oxygen atoms in total. The third-order valence-electron chi connectivity index (χ3n) is 3.78. The van der Waals surface area contributed by atoms with Crippen LogP contribution in [0.25, 0.3) is 0 Å². The van der Waals surface area contributed by atoms with Crippen LogP contribution in [-0.4, -0.2) is 26.2 Å². The number of halogens is 1. The molecule has 3 heteroatoms. The Morgan fingerprint density at radius 3 is 2.95 bits per heavy atom. The van der Waals surface area contributed by atoms with Gasteiger partial charge in [0, 0.05) is 18.8 Å². The van der Waals surface area contributed by atoms with E-state index in [1.165, 1.54) is 12.5 Å². The average molecular weight is 264 g/mol. The maximum absolute atomic E-state index is 13.4. The van der Waals surface area contributed by atoms with Gasteiger partial charge in [0.15, 0.2) is 0 Å². The fourth-order valence-corrected chi connectivity index (χ4v) is 2.72. The van der Waals surface area contributed by atoms with Crippen LogP contribution in [0.4, 0.5) is 10.1 Å². The highest BCUT2D eigenvalue weighted by molar-refractivity contribution is 5.54. The summed E-state index contributed by atoms with van der Waals surface area (Å²) in [5.41, 5.74) is 2.23. The summed E-state index contributed by atoms with van der Waals surface area (Å²) in [6.07, 6.45) is 1.20. The summed E-state index contributed by atoms with van der Waals surface area (Å²) in [6.45, 7) is 10.7. The molecule has 1 N–H and O–H groups in total. The van der Waals surface area contributed by atoms with Crippen LogP contribution in [0.5, 0.6) is 0 Å². The lowest BCUT2D eigenvalue weighted by molar-refractivity contribution is 0.477. The predicted molar refractivity (Wildman–Crippen MR) is 79.2 cm³/mol. The Bertz CT molecular complexity index is 417. The summed E-state index contributed by atoms with van der Waals surface area (Å²) in [6, 6.07) is 5.07. The highest BCUT2D eigenvalue weighted by Crippen LogP contribution is 2.27. The molecule has 19 heavy (non-hydrogen) atoms. The Kier molecular flexibility index (Phi) is 4.81. The van der Waals surface area contributed by atoms with Crippen LogP contribution in [0, 0.1) is 24.6 Å². The number of benzene rings is 1. The van der Waals surface area contributed by atoms with Crippen molar-refractivity contribution in [2.45, 2.75) is 27.2 Å². The predicted octanol–water partition coefficient (Wildman–Crippen LogP) is 3.21. The highest BCUT2D eigenvalue weighted by atomic mass is 19.1. The van der Waals surface area contributed by atoms with Gasteiger partial charge in [-0.3, -0.25) is 0 Å². The monoisotopic (exact) mass is 264 g/mol. The minimum atomic E-state index is -0.137. The summed E-state index contributed by atoms with van der Waals surface area (Å²) in [4.78, 5) is 2.32. The van der Waals surface area contributed by atoms with E-state index in [1.54, 1.807) is 6.07 Å². The summed E-state index contributed by atoms with van der Waals surface area (Å²) < 4.78 is 13.4. The van der Waals surface area contributed by atoms with Gasteiger partial charge < -0.3 is 10.2 Å². The first-order chi connectivity index (χ1) is 9.06. The van der Waals surface area contributed by atoms with Gasteiger partial charge in [0.05, 0.1) is 0 Å². The number of rotatable bonds is 5. The van der Waals surface area contributed by atoms with Crippen LogP contribution in [0.15, 0.2) is 18.2 Å². The Balaban J connectivity index is 1.89. The van der Waals surface area contributed by atoms with Gasteiger partial charge in [-0.25, -0.2) is 4.39 Å². The molecule has 1 atom stereocenters. The van der Waals surface area contributed by atoms with Gasteiger partial charge in [0.2, 0.25) is 0 Å². The molecule has 1 aromatic carbocycles. The van der Waals surface area contributed by atoms with E-state index >= 15 is 0 Å². The number of nitrogens with one attached hydrogen (secondary N) is 1. The standard InChI is InChI=1S/C16H25FN2/c1-12(2)9-18-10-14-6-7-19(11-14)16-8-15(17)5-4-13(16)3/h4-5,8,12,14,18H,6-7,9-11H2,1-3H3. The van der Waals surface area contributed by atoms with Crippen molar-refractivity contribution in [3.63, 3.8) is 0 Å². The Morgan fingerprint density at radius 2 is 2.21 bits per heavy atom. The molecule has 1 aromatic rings. The van der Waals surface area contributed by atoms with Crippen molar-refractivity contribution < 1.29 is 4.39 Å². The van der Waals surface area contributed by atoms with Crippen molar-refractivity contribution in [3.05, 3.63) is 29.6 Å². The van der Waals surface area contributed by atoms with E-state index in [0.29, 0.717) is 11.8 Å². The van der Waals surface area contributed by atoms with Crippen molar-refractivity contribution in [1.82, 2.24) is 5.32 Å². The van der Waals surface area contributed by atoms with Crippen molar-refractivity contribution >= 4 is 5.69 Å². The van der Waals surface area contributed by atoms with Gasteiger partial charge in [-0.05, 0) is 56.0 Å². The van der Waals surface area contributed by atoms with E-state index < -0.39 is 0 Å². The molecule has 1 unspecified atom stereocenters. The average Bonchev–Trinajstić information content (AvgIpc) is 2.80. The zero-order chi connectivity index (χ0) is 13.8. The van der Waals surface area contributed by atoms with Crippen LogP contribution in [0.2, 0.25) is 0 Å². The lowest BCUT2D eigenvalue weighted by atomic mass is 10.1. The molecule has 0 radical (unpaired) electrons. The molecule has 1 aliphatic rings. The van der Waals surface area contributed by atoms with Crippen molar-refractivity contribution in [3.8, 4) is 0 Å². The largest absolute Gasteiger partial charge is 0.371 e. The number of hydrogen-bond donors (Lipinski definition) is 1. The summed E-state index contributed by atoms with van der Waals surface area (Å²) in [5.74, 6) is 1.24. The van der Waals surface area contributed by atoms with E-state index in [2.05, 4.69) is 31.0 Å². The summed E-state index contributed by atoms with van der Waals surface area (Å²) in [7, 11) is 0. The van der Waals surface area contributed by atoms with E-state index in [9.17, 15) is 4.39 Å². The molecule has 106 valence electrons. The van der Waals surface area contributed by atoms with Gasteiger partial charge in [0.1, 0.15) is 5.82 Å². The molecule has 0 saturated carbocycles. The topological polar surface area (TPSA) is 15.3 Å². The second-order valence-corrected chi connectivity index (χ2v) is 6.08. The number of anilines is 1. The first kappa shape index (κ1) is 14.3. The number of aryl methyl sites for hydroxylation is 1. The molecule has 0 bridgehead atoms. The van der Waals surface area contributed by atoms with E-state index in [4.69, 9.17) is 0 Å². The fraction of sp³-hybridized carbons (Fsp3) is 0.625. The van der Waals surface area contributed by atoms with Crippen LogP contribution >= 0.6 is 0 Å². The molecule has 1 heterocycles. The summed E-state index contributed by atoms with van der Waals surface area (Å²) in [5, 5.41) is 3.52. The SMILES string of the molecule is Cc1ccc(F)cc1N1CCC(CNCC(C)C)C1. The Labute approximate surface area is 116 Å². The van der Waals surface area contributed by atoms with Gasteiger partial charge in [-0.1, -0.05) is 19.9 Å². The first-order valence-electron chi connectivity index (χ1n) is 7.28. The minimum absolute atomic E-state index is 0.137. The van der Waals surface area contributed by atoms with E-state index in [0.717, 1.165) is 37.4 Å². The lowest BCUT2D eigenvalue weighted by Gasteiger charge is -2.21. The normalized spacial score (nSPS) is 19.4. The highest BCUT2D eigenvalue weighted by Gasteiger charge is 2.23. The number of hydrogen-bond acceptors (Lipinski definition) is 2. The Morgan fingerprint density at radius 1 is 1.42 bits per heavy atom. The molecule has 1 saturated heterocycles. The van der Waals surface area contributed by atoms with Crippen LogP contribution in [0.3, 0.4) is 0 Å². The molecule has 0 aromatic heterocycles. The van der Waals surface area contributed by atoms with Crippen LogP contribution in [-0.2, 0) is 0 Å². The Hall–Kier alpha value is -1.09. The third-order valence-corrected chi connectivity index (χ3v) is 3.78. The quantitative estimate of drug-likeness (QED) is 0.878. The van der Waals surface area contributed by atoms with E-state index in [1.807, 2.05) is 6.07 Å². The molecular formula is C16H25FN2. The lowest BCUT2D eigenvalue weighted by Crippen LogP contribution is -2.28. The third kappa shape index (κ3) is 3.93. The van der Waals surface area contributed by atoms with Crippen LogP contribution in [0.1, 0.15) is 25.8 Å². The zero-order valence-corrected chi connectivity index (χ0v) is 12.2. The fourth-order valence-electron chi connectivity index (χ4n) is 2.72. The number of nitrogens with zero attached hydrogens (tertiary/aromatic N) is 1. The van der Waals surface area contributed by atoms with Gasteiger partial charge in [0.25, 0.3) is 0 Å². The maximum atomic E-state index is 13.4. The zero-order valence-electron chi connectivity index (χ0n) is 12.2. The van der Waals surface area contributed by atoms with Crippen molar-refractivity contribution in [1.29, 1.82) is 0 Å². The van der Waals surface area contributed by atoms with Crippen molar-refractivity contribution in [2.75, 3.05) is 31.1 Å². The van der Waals surface area contributed by atoms with Gasteiger partial charge in [-0.15, -0.1) is 0 Å². The molecule has 1 fully saturated rings. The molecule has 0 spiro atoms. The van der Waals surface area contributed by atoms with Crippen molar-refractivity contribution in [2.24, 2.45) is 11.8 Å².